The third-order valence-electron chi connectivity index (χ3n) is 16.0. The highest BCUT2D eigenvalue weighted by Crippen LogP contribution is 2.54. The quantitative estimate of drug-likeness (QED) is 0.0863. The normalized spacial score (nSPS) is 14.0. The third kappa shape index (κ3) is 10.5. The molecule has 3 heterocycles. The molecule has 0 spiro atoms. The van der Waals surface area contributed by atoms with Crippen LogP contribution in [0.1, 0.15) is 137 Å². The van der Waals surface area contributed by atoms with Crippen LogP contribution >= 0.6 is 0 Å². The smallest absolute Gasteiger partial charge is 0.200 e. The highest BCUT2D eigenvalue weighted by molar-refractivity contribution is 6.09. The standard InChI is InChI=1S/C74H73F5N4O/c1-70(2,3)46-26-24-43(25-27-46)44-34-51(40-53(35-44)84-52-28-29-55-54-20-16-17-21-58(54)83(61(55)41-52)62-39-47(30-31-80-62)71(4,5)6)81-42-82(60-23-19-18-22-59(60)81)69-56(45-32-48(72(7,8)9)36-49(33-45)73(10,11)12)37-50(74(13,14)15)38-57(69)63-64(75)66(77)68(79)67(78)65(63)76/h16-41H,42H2,1-15H3/i24D,25D,26D,27D. The topological polar surface area (TPSA) is 33.5 Å². The van der Waals surface area contributed by atoms with Crippen LogP contribution < -0.4 is 14.5 Å². The van der Waals surface area contributed by atoms with Gasteiger partial charge >= 0.3 is 0 Å². The zero-order valence-corrected chi connectivity index (χ0v) is 50.5. The van der Waals surface area contributed by atoms with Gasteiger partial charge in [0.2, 0.25) is 5.82 Å². The summed E-state index contributed by atoms with van der Waals surface area (Å²) in [5, 5.41) is 1.96. The Hall–Kier alpha value is -8.24. The number of ether oxygens (including phenoxy) is 1. The minimum Gasteiger partial charge on any atom is -0.457 e. The highest BCUT2D eigenvalue weighted by Gasteiger charge is 2.37. The first-order valence-electron chi connectivity index (χ1n) is 30.5. The summed E-state index contributed by atoms with van der Waals surface area (Å²) in [6, 6.07) is 39.5. The van der Waals surface area contributed by atoms with Crippen molar-refractivity contribution in [2.24, 2.45) is 0 Å². The van der Waals surface area contributed by atoms with E-state index < -0.39 is 56.3 Å². The summed E-state index contributed by atoms with van der Waals surface area (Å²) in [4.78, 5) is 8.64. The lowest BCUT2D eigenvalue weighted by Gasteiger charge is -2.32. The number of aromatic nitrogens is 2. The molecule has 0 radical (unpaired) electrons. The molecule has 10 heteroatoms. The zero-order valence-electron chi connectivity index (χ0n) is 54.5. The van der Waals surface area contributed by atoms with E-state index in [4.69, 9.17) is 9.72 Å². The first-order chi connectivity index (χ1) is 41.0. The SMILES string of the molecule is [2H]c1c([2H])c(C(C)(C)C)c([2H])c([2H])c1-c1cc(Oc2ccc3c4ccccc4n(-c4cc(C(C)(C)C)ccn4)c3c2)cc(N2CN(c3c(-c4cc(C(C)(C)C)cc(C(C)(C)C)c4)cc(C(C)(C)C)cc3-c3c(F)c(F)c(F)c(F)c3F)c3ccccc32)c1. The number of hydrogen-bond donors (Lipinski definition) is 0. The molecular weight excluding hydrogens is 1060 g/mol. The average Bonchev–Trinajstić information content (AvgIpc) is 1.27. The van der Waals surface area contributed by atoms with Crippen molar-refractivity contribution < 1.29 is 32.2 Å². The molecule has 0 unspecified atom stereocenters. The van der Waals surface area contributed by atoms with Crippen LogP contribution in [0.4, 0.5) is 44.7 Å². The first-order valence-corrected chi connectivity index (χ1v) is 28.5. The summed E-state index contributed by atoms with van der Waals surface area (Å²) in [6.45, 7) is 30.2. The van der Waals surface area contributed by atoms with E-state index in [1.165, 1.54) is 6.07 Å². The Morgan fingerprint density at radius 3 is 1.57 bits per heavy atom. The van der Waals surface area contributed by atoms with Gasteiger partial charge < -0.3 is 14.5 Å². The van der Waals surface area contributed by atoms with Crippen LogP contribution in [-0.4, -0.2) is 16.2 Å². The molecule has 11 rings (SSSR count). The van der Waals surface area contributed by atoms with Gasteiger partial charge in [-0.15, -0.1) is 0 Å². The maximum absolute atomic E-state index is 16.9. The maximum Gasteiger partial charge on any atom is 0.200 e. The lowest BCUT2D eigenvalue weighted by Crippen LogP contribution is -2.26. The van der Waals surface area contributed by atoms with Gasteiger partial charge in [0.15, 0.2) is 23.3 Å². The van der Waals surface area contributed by atoms with Gasteiger partial charge in [0, 0.05) is 45.9 Å². The fourth-order valence-electron chi connectivity index (χ4n) is 11.1. The number of para-hydroxylation sites is 3. The van der Waals surface area contributed by atoms with Crippen molar-refractivity contribution in [3.05, 3.63) is 215 Å². The van der Waals surface area contributed by atoms with Gasteiger partial charge in [0.05, 0.1) is 39.1 Å². The molecule has 0 saturated heterocycles. The fourth-order valence-corrected chi connectivity index (χ4v) is 11.1. The Morgan fingerprint density at radius 2 is 0.964 bits per heavy atom. The monoisotopic (exact) mass is 1130 g/mol. The van der Waals surface area contributed by atoms with E-state index in [1.54, 1.807) is 18.2 Å². The Bertz CT molecular complexity index is 4410. The molecule has 0 aliphatic carbocycles. The van der Waals surface area contributed by atoms with Gasteiger partial charge in [-0.05, 0) is 138 Å². The van der Waals surface area contributed by atoms with E-state index in [9.17, 15) is 5.48 Å². The molecule has 2 aromatic heterocycles. The number of anilines is 4. The number of fused-ring (bicyclic) bond motifs is 4. The van der Waals surface area contributed by atoms with E-state index in [-0.39, 0.29) is 64.4 Å². The Labute approximate surface area is 497 Å². The van der Waals surface area contributed by atoms with Crippen molar-refractivity contribution >= 4 is 44.6 Å². The Morgan fingerprint density at radius 1 is 0.429 bits per heavy atom. The molecule has 0 saturated carbocycles. The zero-order chi connectivity index (χ0) is 63.8. The van der Waals surface area contributed by atoms with Gasteiger partial charge in [-0.25, -0.2) is 26.9 Å². The highest BCUT2D eigenvalue weighted by atomic mass is 19.2. The van der Waals surface area contributed by atoms with E-state index in [0.717, 1.165) is 44.3 Å². The second kappa shape index (κ2) is 20.5. The summed E-state index contributed by atoms with van der Waals surface area (Å²) in [5.74, 6) is -8.95. The predicted octanol–water partition coefficient (Wildman–Crippen LogP) is 21.4. The molecule has 0 fully saturated rings. The number of nitrogens with zero attached hydrogens (tertiary/aromatic N) is 4. The molecular formula is C74H73F5N4O. The van der Waals surface area contributed by atoms with Crippen LogP contribution in [0.2, 0.25) is 0 Å². The molecule has 10 aromatic rings. The summed E-state index contributed by atoms with van der Waals surface area (Å²) >= 11 is 0. The average molecular weight is 1130 g/mol. The van der Waals surface area contributed by atoms with Crippen molar-refractivity contribution in [2.75, 3.05) is 16.5 Å². The largest absolute Gasteiger partial charge is 0.457 e. The van der Waals surface area contributed by atoms with E-state index in [0.29, 0.717) is 45.1 Å². The van der Waals surface area contributed by atoms with Crippen LogP contribution in [0.5, 0.6) is 11.5 Å². The first kappa shape index (κ1) is 52.6. The van der Waals surface area contributed by atoms with Crippen molar-refractivity contribution in [1.29, 1.82) is 0 Å². The third-order valence-corrected chi connectivity index (χ3v) is 16.0. The molecule has 0 N–H and O–H groups in total. The van der Waals surface area contributed by atoms with Gasteiger partial charge in [0.1, 0.15) is 24.0 Å². The maximum atomic E-state index is 16.9. The van der Waals surface area contributed by atoms with Gasteiger partial charge in [0.25, 0.3) is 0 Å². The van der Waals surface area contributed by atoms with E-state index >= 15 is 22.0 Å². The number of pyridine rings is 1. The molecule has 430 valence electrons. The molecule has 0 bridgehead atoms. The van der Waals surface area contributed by atoms with Crippen LogP contribution in [-0.2, 0) is 27.1 Å². The number of rotatable bonds is 8. The molecule has 5 nitrogen and oxygen atoms in total. The van der Waals surface area contributed by atoms with E-state index in [1.807, 2.05) is 136 Å². The molecule has 84 heavy (non-hydrogen) atoms. The lowest BCUT2D eigenvalue weighted by molar-refractivity contribution is 0.381. The minimum atomic E-state index is -2.27. The van der Waals surface area contributed by atoms with Gasteiger partial charge in [-0.2, -0.15) is 0 Å². The molecule has 1 aliphatic heterocycles. The molecule has 1 aliphatic rings. The fraction of sp³-hybridized carbons (Fsp3) is 0.284. The number of benzene rings is 8. The summed E-state index contributed by atoms with van der Waals surface area (Å²) < 4.78 is 128. The van der Waals surface area contributed by atoms with Crippen LogP contribution in [0.3, 0.4) is 0 Å². The summed E-state index contributed by atoms with van der Waals surface area (Å²) in [6.07, 6.45) is 1.82. The number of halogens is 5. The lowest BCUT2D eigenvalue weighted by atomic mass is 9.77. The second-order valence-corrected chi connectivity index (χ2v) is 27.4. The summed E-state index contributed by atoms with van der Waals surface area (Å²) in [7, 11) is 0. The van der Waals surface area contributed by atoms with Crippen LogP contribution in [0.15, 0.2) is 158 Å². The predicted molar refractivity (Wildman–Crippen MR) is 337 cm³/mol. The molecule has 0 atom stereocenters. The minimum absolute atomic E-state index is 0.0291. The van der Waals surface area contributed by atoms with Crippen molar-refractivity contribution in [2.45, 2.75) is 131 Å². The number of hydrogen-bond acceptors (Lipinski definition) is 4. The van der Waals surface area contributed by atoms with Crippen molar-refractivity contribution in [1.82, 2.24) is 9.55 Å². The Kier molecular flexibility index (Phi) is 12.8. The van der Waals surface area contributed by atoms with Crippen LogP contribution in [0.25, 0.3) is 61.0 Å². The van der Waals surface area contributed by atoms with E-state index in [2.05, 4.69) is 91.1 Å². The molecule has 8 aromatic carbocycles. The summed E-state index contributed by atoms with van der Waals surface area (Å²) in [5.41, 5.74) is 5.10. The van der Waals surface area contributed by atoms with Crippen molar-refractivity contribution in [3.63, 3.8) is 0 Å². The molecule has 0 amide bonds. The van der Waals surface area contributed by atoms with Crippen LogP contribution in [0, 0.1) is 29.1 Å². The second-order valence-electron chi connectivity index (χ2n) is 27.4. The van der Waals surface area contributed by atoms with Crippen molar-refractivity contribution in [3.8, 4) is 50.7 Å². The Balaban J connectivity index is 1.17. The van der Waals surface area contributed by atoms with Gasteiger partial charge in [-0.3, -0.25) is 4.57 Å². The van der Waals surface area contributed by atoms with Gasteiger partial charge in [-0.1, -0.05) is 177 Å².